The van der Waals surface area contributed by atoms with Gasteiger partial charge in [0.15, 0.2) is 0 Å². The summed E-state index contributed by atoms with van der Waals surface area (Å²) in [6, 6.07) is 3.72. The van der Waals surface area contributed by atoms with E-state index in [1.165, 1.54) is 25.7 Å². The Morgan fingerprint density at radius 1 is 1.06 bits per heavy atom. The Kier molecular flexibility index (Phi) is 6.97. The number of nitrogens with two attached hydrogens (primary N) is 1. The van der Waals surface area contributed by atoms with Gasteiger partial charge in [0.05, 0.1) is 15.6 Å². The molecule has 1 aromatic carbocycles. The highest BCUT2D eigenvalue weighted by Gasteiger charge is 2.07. The smallest absolute Gasteiger partial charge is 0.147 e. The third-order valence-electron chi connectivity index (χ3n) is 2.51. The highest BCUT2D eigenvalue weighted by molar-refractivity contribution is 9.11. The molecule has 0 amide bonds. The second-order valence-electron chi connectivity index (χ2n) is 4.08. The molecule has 1 aromatic rings. The van der Waals surface area contributed by atoms with Crippen LogP contribution >= 0.6 is 31.9 Å². The largest absolute Gasteiger partial charge is 0.491 e. The highest BCUT2D eigenvalue weighted by Crippen LogP contribution is 2.35. The highest BCUT2D eigenvalue weighted by atomic mass is 79.9. The van der Waals surface area contributed by atoms with Gasteiger partial charge in [0, 0.05) is 5.69 Å². The van der Waals surface area contributed by atoms with E-state index >= 15 is 0 Å². The molecule has 0 radical (unpaired) electrons. The molecule has 0 spiro atoms. The van der Waals surface area contributed by atoms with Gasteiger partial charge >= 0.3 is 0 Å². The molecule has 0 atom stereocenters. The molecule has 2 nitrogen and oxygen atoms in total. The average Bonchev–Trinajstić information content (AvgIpc) is 2.26. The molecular weight excluding hydrogens is 346 g/mol. The maximum absolute atomic E-state index is 5.75. The van der Waals surface area contributed by atoms with E-state index in [9.17, 15) is 0 Å². The van der Waals surface area contributed by atoms with E-state index in [4.69, 9.17) is 10.5 Å². The van der Waals surface area contributed by atoms with Crippen LogP contribution in [0.5, 0.6) is 5.75 Å². The minimum absolute atomic E-state index is 0.721. The lowest BCUT2D eigenvalue weighted by Crippen LogP contribution is -1.99. The Balaban J connectivity index is 2.36. The van der Waals surface area contributed by atoms with E-state index in [1.807, 2.05) is 12.1 Å². The minimum Gasteiger partial charge on any atom is -0.491 e. The van der Waals surface area contributed by atoms with E-state index in [1.54, 1.807) is 0 Å². The van der Waals surface area contributed by atoms with Gasteiger partial charge in [-0.3, -0.25) is 0 Å². The molecule has 4 heteroatoms. The van der Waals surface area contributed by atoms with Crippen LogP contribution in [-0.4, -0.2) is 6.61 Å². The van der Waals surface area contributed by atoms with Crippen molar-refractivity contribution in [3.05, 3.63) is 21.1 Å². The number of unbranched alkanes of at least 4 members (excludes halogenated alkanes) is 4. The lowest BCUT2D eigenvalue weighted by atomic mass is 10.2. The predicted octanol–water partition coefficient (Wildman–Crippen LogP) is 5.14. The molecule has 0 unspecified atom stereocenters. The van der Waals surface area contributed by atoms with E-state index in [0.29, 0.717) is 0 Å². The normalized spacial score (nSPS) is 10.5. The number of anilines is 1. The molecule has 0 aliphatic rings. The van der Waals surface area contributed by atoms with Crippen LogP contribution in [0.4, 0.5) is 5.69 Å². The van der Waals surface area contributed by atoms with E-state index in [0.717, 1.165) is 33.4 Å². The first-order valence-corrected chi connectivity index (χ1v) is 7.61. The molecule has 0 saturated heterocycles. The van der Waals surface area contributed by atoms with Gasteiger partial charge in [0.25, 0.3) is 0 Å². The topological polar surface area (TPSA) is 35.2 Å². The molecule has 0 bridgehead atoms. The van der Waals surface area contributed by atoms with Crippen molar-refractivity contribution in [2.24, 2.45) is 0 Å². The van der Waals surface area contributed by atoms with Crippen LogP contribution in [0.25, 0.3) is 0 Å². The fourth-order valence-electron chi connectivity index (χ4n) is 1.60. The van der Waals surface area contributed by atoms with Crippen molar-refractivity contribution in [2.45, 2.75) is 39.0 Å². The molecule has 0 aliphatic heterocycles. The molecule has 1 rings (SSSR count). The monoisotopic (exact) mass is 363 g/mol. The number of benzene rings is 1. The number of hydrogen-bond acceptors (Lipinski definition) is 2. The van der Waals surface area contributed by atoms with Gasteiger partial charge in [-0.25, -0.2) is 0 Å². The molecule has 0 saturated carbocycles. The zero-order valence-electron chi connectivity index (χ0n) is 10.1. The van der Waals surface area contributed by atoms with Crippen molar-refractivity contribution in [1.29, 1.82) is 0 Å². The third kappa shape index (κ3) is 5.30. The van der Waals surface area contributed by atoms with Gasteiger partial charge < -0.3 is 10.5 Å². The Morgan fingerprint density at radius 2 is 1.65 bits per heavy atom. The molecular formula is C13H19Br2NO. The van der Waals surface area contributed by atoms with Crippen LogP contribution in [0, 0.1) is 0 Å². The Bertz CT molecular complexity index is 332. The van der Waals surface area contributed by atoms with Crippen molar-refractivity contribution in [3.8, 4) is 5.75 Å². The molecule has 0 fully saturated rings. The maximum Gasteiger partial charge on any atom is 0.147 e. The first-order chi connectivity index (χ1) is 8.15. The van der Waals surface area contributed by atoms with Crippen molar-refractivity contribution in [1.82, 2.24) is 0 Å². The van der Waals surface area contributed by atoms with Crippen molar-refractivity contribution < 1.29 is 4.74 Å². The summed E-state index contributed by atoms with van der Waals surface area (Å²) in [5.74, 6) is 0.842. The number of halogens is 2. The zero-order chi connectivity index (χ0) is 12.7. The minimum atomic E-state index is 0.721. The summed E-state index contributed by atoms with van der Waals surface area (Å²) in [4.78, 5) is 0. The predicted molar refractivity (Wildman–Crippen MR) is 80.5 cm³/mol. The van der Waals surface area contributed by atoms with E-state index < -0.39 is 0 Å². The van der Waals surface area contributed by atoms with Crippen LogP contribution in [0.1, 0.15) is 39.0 Å². The van der Waals surface area contributed by atoms with Crippen LogP contribution in [-0.2, 0) is 0 Å². The fourth-order valence-corrected chi connectivity index (χ4v) is 3.05. The standard InChI is InChI=1S/C13H19Br2NO/c1-2-3-4-5-6-7-17-13-11(14)8-10(16)9-12(13)15/h8-9H,2-7,16H2,1H3. The lowest BCUT2D eigenvalue weighted by molar-refractivity contribution is 0.301. The average molecular weight is 365 g/mol. The summed E-state index contributed by atoms with van der Waals surface area (Å²) in [6.45, 7) is 2.98. The van der Waals surface area contributed by atoms with Crippen molar-refractivity contribution in [2.75, 3.05) is 12.3 Å². The Labute approximate surface area is 120 Å². The number of nitrogen functional groups attached to an aromatic ring is 1. The van der Waals surface area contributed by atoms with Gasteiger partial charge in [-0.2, -0.15) is 0 Å². The SMILES string of the molecule is CCCCCCCOc1c(Br)cc(N)cc1Br. The number of hydrogen-bond donors (Lipinski definition) is 1. The summed E-state index contributed by atoms with van der Waals surface area (Å²) in [5, 5.41) is 0. The van der Waals surface area contributed by atoms with Gasteiger partial charge in [-0.1, -0.05) is 32.6 Å². The first kappa shape index (κ1) is 14.8. The lowest BCUT2D eigenvalue weighted by Gasteiger charge is -2.11. The first-order valence-electron chi connectivity index (χ1n) is 6.02. The van der Waals surface area contributed by atoms with E-state index in [-0.39, 0.29) is 0 Å². The van der Waals surface area contributed by atoms with Gasteiger partial charge in [0.2, 0.25) is 0 Å². The third-order valence-corrected chi connectivity index (χ3v) is 3.69. The second-order valence-corrected chi connectivity index (χ2v) is 5.79. The van der Waals surface area contributed by atoms with Crippen molar-refractivity contribution in [3.63, 3.8) is 0 Å². The number of rotatable bonds is 7. The van der Waals surface area contributed by atoms with Crippen LogP contribution in [0.15, 0.2) is 21.1 Å². The maximum atomic E-state index is 5.75. The summed E-state index contributed by atoms with van der Waals surface area (Å²) < 4.78 is 7.56. The van der Waals surface area contributed by atoms with Gasteiger partial charge in [0.1, 0.15) is 5.75 Å². The molecule has 17 heavy (non-hydrogen) atoms. The van der Waals surface area contributed by atoms with Gasteiger partial charge in [-0.15, -0.1) is 0 Å². The summed E-state index contributed by atoms with van der Waals surface area (Å²) in [5.41, 5.74) is 6.44. The quantitative estimate of drug-likeness (QED) is 0.536. The summed E-state index contributed by atoms with van der Waals surface area (Å²) in [7, 11) is 0. The van der Waals surface area contributed by atoms with Crippen LogP contribution < -0.4 is 10.5 Å². The summed E-state index contributed by atoms with van der Waals surface area (Å²) in [6.07, 6.45) is 6.22. The molecule has 0 aromatic heterocycles. The Morgan fingerprint density at radius 3 is 2.24 bits per heavy atom. The molecule has 96 valence electrons. The van der Waals surface area contributed by atoms with Gasteiger partial charge in [-0.05, 0) is 50.4 Å². The molecule has 0 heterocycles. The second kappa shape index (κ2) is 7.98. The van der Waals surface area contributed by atoms with Crippen LogP contribution in [0.3, 0.4) is 0 Å². The van der Waals surface area contributed by atoms with Crippen LogP contribution in [0.2, 0.25) is 0 Å². The molecule has 0 aliphatic carbocycles. The fraction of sp³-hybridized carbons (Fsp3) is 0.538. The van der Waals surface area contributed by atoms with Crippen molar-refractivity contribution >= 4 is 37.5 Å². The number of ether oxygens (including phenoxy) is 1. The summed E-state index contributed by atoms with van der Waals surface area (Å²) >= 11 is 6.91. The Hall–Kier alpha value is -0.220. The molecule has 2 N–H and O–H groups in total. The van der Waals surface area contributed by atoms with E-state index in [2.05, 4.69) is 38.8 Å². The zero-order valence-corrected chi connectivity index (χ0v) is 13.3.